The van der Waals surface area contributed by atoms with Gasteiger partial charge in [0.2, 0.25) is 0 Å². The van der Waals surface area contributed by atoms with Crippen LogP contribution < -0.4 is 4.74 Å². The Morgan fingerprint density at radius 3 is 2.94 bits per heavy atom. The average molecular weight is 246 g/mol. The third-order valence-electron chi connectivity index (χ3n) is 3.54. The minimum absolute atomic E-state index is 0.0621. The maximum atomic E-state index is 12.1. The van der Waals surface area contributed by atoms with Crippen molar-refractivity contribution in [3.8, 4) is 5.75 Å². The molecule has 1 unspecified atom stereocenters. The van der Waals surface area contributed by atoms with Crippen LogP contribution in [-0.4, -0.2) is 12.4 Å². The minimum Gasteiger partial charge on any atom is -0.493 e. The first-order valence-corrected chi connectivity index (χ1v) is 6.90. The number of ketones is 1. The van der Waals surface area contributed by atoms with Crippen LogP contribution in [0.5, 0.6) is 5.75 Å². The van der Waals surface area contributed by atoms with E-state index in [0.29, 0.717) is 24.7 Å². The Morgan fingerprint density at radius 1 is 1.39 bits per heavy atom. The number of benzene rings is 1. The number of carbonyl (C=O) groups excluding carboxylic acids is 1. The van der Waals surface area contributed by atoms with E-state index < -0.39 is 0 Å². The zero-order chi connectivity index (χ0) is 13.0. The maximum absolute atomic E-state index is 12.1. The Labute approximate surface area is 109 Å². The Hall–Kier alpha value is -1.31. The monoisotopic (exact) mass is 246 g/mol. The van der Waals surface area contributed by atoms with Crippen LogP contribution >= 0.6 is 0 Å². The highest BCUT2D eigenvalue weighted by Crippen LogP contribution is 2.28. The molecule has 0 amide bonds. The summed E-state index contributed by atoms with van der Waals surface area (Å²) in [5, 5.41) is 0. The molecular weight excluding hydrogens is 224 g/mol. The summed E-state index contributed by atoms with van der Waals surface area (Å²) in [6, 6.07) is 8.02. The van der Waals surface area contributed by atoms with Crippen molar-refractivity contribution in [1.29, 1.82) is 0 Å². The number of fused-ring (bicyclic) bond motifs is 1. The molecule has 1 aromatic rings. The number of hydrogen-bond donors (Lipinski definition) is 0. The molecule has 0 aliphatic carbocycles. The van der Waals surface area contributed by atoms with Crippen LogP contribution in [0.15, 0.2) is 24.3 Å². The Balaban J connectivity index is 1.87. The molecule has 0 spiro atoms. The fourth-order valence-electron chi connectivity index (χ4n) is 2.42. The zero-order valence-electron chi connectivity index (χ0n) is 11.3. The SMILES string of the molecule is CC(C)CCCC(=O)C1COc2ccccc2C1. The van der Waals surface area contributed by atoms with Gasteiger partial charge in [0.1, 0.15) is 11.5 Å². The molecular formula is C16H22O2. The molecule has 1 aliphatic rings. The lowest BCUT2D eigenvalue weighted by Gasteiger charge is -2.24. The van der Waals surface area contributed by atoms with Crippen molar-refractivity contribution in [2.24, 2.45) is 11.8 Å². The largest absolute Gasteiger partial charge is 0.493 e. The van der Waals surface area contributed by atoms with Gasteiger partial charge in [-0.05, 0) is 30.4 Å². The molecule has 1 atom stereocenters. The van der Waals surface area contributed by atoms with E-state index in [1.165, 1.54) is 5.56 Å². The fourth-order valence-corrected chi connectivity index (χ4v) is 2.42. The summed E-state index contributed by atoms with van der Waals surface area (Å²) in [4.78, 5) is 12.1. The summed E-state index contributed by atoms with van der Waals surface area (Å²) in [7, 11) is 0. The van der Waals surface area contributed by atoms with E-state index >= 15 is 0 Å². The van der Waals surface area contributed by atoms with Crippen LogP contribution in [0.3, 0.4) is 0 Å². The predicted octanol–water partition coefficient (Wildman–Crippen LogP) is 3.63. The van der Waals surface area contributed by atoms with E-state index in [1.54, 1.807) is 0 Å². The van der Waals surface area contributed by atoms with Crippen LogP contribution in [0.4, 0.5) is 0 Å². The number of Topliss-reactive ketones (excluding diaryl/α,β-unsaturated/α-hetero) is 1. The Kier molecular flexibility index (Phi) is 4.40. The number of carbonyl (C=O) groups is 1. The van der Waals surface area contributed by atoms with Gasteiger partial charge in [-0.2, -0.15) is 0 Å². The fraction of sp³-hybridized carbons (Fsp3) is 0.562. The second-order valence-corrected chi connectivity index (χ2v) is 5.57. The van der Waals surface area contributed by atoms with Crippen LogP contribution in [0, 0.1) is 11.8 Å². The van der Waals surface area contributed by atoms with Crippen molar-refractivity contribution in [1.82, 2.24) is 0 Å². The Bertz CT molecular complexity index is 409. The van der Waals surface area contributed by atoms with Gasteiger partial charge in [0.15, 0.2) is 0 Å². The molecule has 0 bridgehead atoms. The highest BCUT2D eigenvalue weighted by atomic mass is 16.5. The second kappa shape index (κ2) is 6.03. The number of ether oxygens (including phenoxy) is 1. The average Bonchev–Trinajstić information content (AvgIpc) is 2.37. The van der Waals surface area contributed by atoms with Gasteiger partial charge in [-0.25, -0.2) is 0 Å². The quantitative estimate of drug-likeness (QED) is 0.793. The van der Waals surface area contributed by atoms with E-state index in [-0.39, 0.29) is 5.92 Å². The second-order valence-electron chi connectivity index (χ2n) is 5.57. The molecule has 1 aromatic carbocycles. The standard InChI is InChI=1S/C16H22O2/c1-12(2)6-5-8-15(17)14-10-13-7-3-4-9-16(13)18-11-14/h3-4,7,9,12,14H,5-6,8,10-11H2,1-2H3. The summed E-state index contributed by atoms with van der Waals surface area (Å²) in [5.74, 6) is 2.06. The first-order chi connectivity index (χ1) is 8.66. The molecule has 0 aromatic heterocycles. The number of rotatable bonds is 5. The molecule has 2 rings (SSSR count). The third-order valence-corrected chi connectivity index (χ3v) is 3.54. The number of hydrogen-bond acceptors (Lipinski definition) is 2. The van der Waals surface area contributed by atoms with Gasteiger partial charge in [0, 0.05) is 6.42 Å². The van der Waals surface area contributed by atoms with E-state index in [0.717, 1.165) is 25.0 Å². The number of para-hydroxylation sites is 1. The summed E-state index contributed by atoms with van der Waals surface area (Å²) in [5.41, 5.74) is 1.17. The summed E-state index contributed by atoms with van der Waals surface area (Å²) in [6.45, 7) is 4.95. The van der Waals surface area contributed by atoms with E-state index in [4.69, 9.17) is 4.74 Å². The molecule has 2 nitrogen and oxygen atoms in total. The van der Waals surface area contributed by atoms with Crippen molar-refractivity contribution >= 4 is 5.78 Å². The summed E-state index contributed by atoms with van der Waals surface area (Å²) in [6.07, 6.45) is 3.69. The van der Waals surface area contributed by atoms with E-state index in [2.05, 4.69) is 19.9 Å². The van der Waals surface area contributed by atoms with Crippen LogP contribution in [0.1, 0.15) is 38.7 Å². The lowest BCUT2D eigenvalue weighted by atomic mass is 9.90. The lowest BCUT2D eigenvalue weighted by Crippen LogP contribution is -2.28. The van der Waals surface area contributed by atoms with Gasteiger partial charge in [-0.3, -0.25) is 4.79 Å². The van der Waals surface area contributed by atoms with Crippen molar-refractivity contribution in [2.45, 2.75) is 39.5 Å². The molecule has 98 valence electrons. The van der Waals surface area contributed by atoms with Crippen LogP contribution in [0.25, 0.3) is 0 Å². The van der Waals surface area contributed by atoms with Gasteiger partial charge in [-0.1, -0.05) is 38.5 Å². The molecule has 1 heterocycles. The van der Waals surface area contributed by atoms with Crippen molar-refractivity contribution < 1.29 is 9.53 Å². The molecule has 0 saturated heterocycles. The highest BCUT2D eigenvalue weighted by Gasteiger charge is 2.24. The van der Waals surface area contributed by atoms with E-state index in [1.807, 2.05) is 18.2 Å². The lowest BCUT2D eigenvalue weighted by molar-refractivity contribution is -0.124. The van der Waals surface area contributed by atoms with E-state index in [9.17, 15) is 4.79 Å². The van der Waals surface area contributed by atoms with Gasteiger partial charge in [0.05, 0.1) is 12.5 Å². The first kappa shape index (κ1) is 13.1. The molecule has 0 N–H and O–H groups in total. The van der Waals surface area contributed by atoms with Gasteiger partial charge in [-0.15, -0.1) is 0 Å². The van der Waals surface area contributed by atoms with Gasteiger partial charge < -0.3 is 4.74 Å². The van der Waals surface area contributed by atoms with Crippen molar-refractivity contribution in [3.05, 3.63) is 29.8 Å². The Morgan fingerprint density at radius 2 is 2.17 bits per heavy atom. The summed E-state index contributed by atoms with van der Waals surface area (Å²) >= 11 is 0. The molecule has 0 fully saturated rings. The van der Waals surface area contributed by atoms with Crippen LogP contribution in [-0.2, 0) is 11.2 Å². The zero-order valence-corrected chi connectivity index (χ0v) is 11.3. The highest BCUT2D eigenvalue weighted by molar-refractivity contribution is 5.81. The molecule has 1 aliphatic heterocycles. The van der Waals surface area contributed by atoms with Gasteiger partial charge >= 0.3 is 0 Å². The summed E-state index contributed by atoms with van der Waals surface area (Å²) < 4.78 is 5.66. The molecule has 0 saturated carbocycles. The predicted molar refractivity (Wildman–Crippen MR) is 72.8 cm³/mol. The van der Waals surface area contributed by atoms with Crippen molar-refractivity contribution in [2.75, 3.05) is 6.61 Å². The maximum Gasteiger partial charge on any atom is 0.139 e. The topological polar surface area (TPSA) is 26.3 Å². The smallest absolute Gasteiger partial charge is 0.139 e. The van der Waals surface area contributed by atoms with Crippen LogP contribution in [0.2, 0.25) is 0 Å². The normalized spacial score (nSPS) is 18.3. The third kappa shape index (κ3) is 3.34. The van der Waals surface area contributed by atoms with Gasteiger partial charge in [0.25, 0.3) is 0 Å². The van der Waals surface area contributed by atoms with Crippen molar-refractivity contribution in [3.63, 3.8) is 0 Å². The molecule has 18 heavy (non-hydrogen) atoms. The minimum atomic E-state index is 0.0621. The molecule has 0 radical (unpaired) electrons. The molecule has 2 heteroatoms. The first-order valence-electron chi connectivity index (χ1n) is 6.90.